The van der Waals surface area contributed by atoms with Gasteiger partial charge in [0.05, 0.1) is 5.88 Å². The van der Waals surface area contributed by atoms with E-state index < -0.39 is 0 Å². The molecule has 16 heavy (non-hydrogen) atoms. The van der Waals surface area contributed by atoms with Gasteiger partial charge in [0.2, 0.25) is 0 Å². The molecule has 0 radical (unpaired) electrons. The van der Waals surface area contributed by atoms with Crippen LogP contribution in [0.1, 0.15) is 5.56 Å². The summed E-state index contributed by atoms with van der Waals surface area (Å²) in [5, 5.41) is 1.14. The number of allylic oxidation sites excluding steroid dienone is 1. The number of alkyl halides is 1. The minimum Gasteiger partial charge on any atom is -0.350 e. The molecular weight excluding hydrogens is 222 g/mol. The molecule has 2 nitrogen and oxygen atoms in total. The van der Waals surface area contributed by atoms with Gasteiger partial charge in [0, 0.05) is 29.7 Å². The third-order valence-corrected chi connectivity index (χ3v) is 2.77. The van der Waals surface area contributed by atoms with E-state index in [-0.39, 0.29) is 11.7 Å². The normalized spacial score (nSPS) is 11.4. The highest BCUT2D eigenvalue weighted by Crippen LogP contribution is 2.21. The van der Waals surface area contributed by atoms with E-state index in [0.717, 1.165) is 16.5 Å². The summed E-state index contributed by atoms with van der Waals surface area (Å²) in [6.45, 7) is 0. The van der Waals surface area contributed by atoms with Crippen LogP contribution in [0.3, 0.4) is 0 Å². The summed E-state index contributed by atoms with van der Waals surface area (Å²) in [6.07, 6.45) is 5.34. The first-order valence-corrected chi connectivity index (χ1v) is 5.57. The Labute approximate surface area is 99.1 Å². The number of ketones is 1. The zero-order chi connectivity index (χ0) is 11.5. The van der Waals surface area contributed by atoms with E-state index >= 15 is 0 Å². The fraction of sp³-hybridized carbons (Fsp3) is 0.154. The summed E-state index contributed by atoms with van der Waals surface area (Å²) in [4.78, 5) is 11.1. The van der Waals surface area contributed by atoms with E-state index in [2.05, 4.69) is 6.07 Å². The molecule has 0 unspecified atom stereocenters. The van der Waals surface area contributed by atoms with Gasteiger partial charge in [-0.15, -0.1) is 11.6 Å². The number of halogens is 1. The smallest absolute Gasteiger partial charge is 0.170 e. The highest BCUT2D eigenvalue weighted by molar-refractivity contribution is 6.29. The molecule has 0 saturated heterocycles. The number of carbonyl (C=O) groups excluding carboxylic acids is 1. The maximum Gasteiger partial charge on any atom is 0.170 e. The Morgan fingerprint density at radius 2 is 2.19 bits per heavy atom. The maximum atomic E-state index is 11.1. The lowest BCUT2D eigenvalue weighted by atomic mass is 10.1. The maximum absolute atomic E-state index is 11.1. The zero-order valence-electron chi connectivity index (χ0n) is 8.98. The van der Waals surface area contributed by atoms with Gasteiger partial charge in [0.15, 0.2) is 5.78 Å². The third kappa shape index (κ3) is 2.02. The van der Waals surface area contributed by atoms with Gasteiger partial charge in [0.1, 0.15) is 0 Å². The number of para-hydroxylation sites is 1. The number of hydrogen-bond donors (Lipinski definition) is 0. The van der Waals surface area contributed by atoms with E-state index in [1.807, 2.05) is 42.1 Å². The SMILES string of the molecule is Cn1cc(C=CC(=O)CCl)c2ccccc21. The summed E-state index contributed by atoms with van der Waals surface area (Å²) in [5.41, 5.74) is 2.19. The average molecular weight is 234 g/mol. The molecule has 2 rings (SSSR count). The molecule has 0 aliphatic carbocycles. The number of carbonyl (C=O) groups is 1. The molecule has 1 heterocycles. The van der Waals surface area contributed by atoms with E-state index in [9.17, 15) is 4.79 Å². The number of aromatic nitrogens is 1. The quantitative estimate of drug-likeness (QED) is 0.590. The van der Waals surface area contributed by atoms with Crippen molar-refractivity contribution in [1.82, 2.24) is 4.57 Å². The van der Waals surface area contributed by atoms with Crippen LogP contribution in [0.5, 0.6) is 0 Å². The van der Waals surface area contributed by atoms with Crippen LogP contribution in [0.25, 0.3) is 17.0 Å². The summed E-state index contributed by atoms with van der Waals surface area (Å²) in [6, 6.07) is 8.08. The van der Waals surface area contributed by atoms with E-state index in [0.29, 0.717) is 0 Å². The van der Waals surface area contributed by atoms with Gasteiger partial charge in [-0.1, -0.05) is 18.2 Å². The third-order valence-electron chi connectivity index (χ3n) is 2.51. The fourth-order valence-corrected chi connectivity index (χ4v) is 1.82. The second kappa shape index (κ2) is 4.54. The van der Waals surface area contributed by atoms with Gasteiger partial charge in [-0.3, -0.25) is 4.79 Å². The average Bonchev–Trinajstić information content (AvgIpc) is 2.64. The molecule has 0 atom stereocenters. The highest BCUT2D eigenvalue weighted by Gasteiger charge is 2.02. The summed E-state index contributed by atoms with van der Waals surface area (Å²) in [7, 11) is 1.99. The number of aryl methyl sites for hydroxylation is 1. The van der Waals surface area contributed by atoms with E-state index in [1.54, 1.807) is 0 Å². The largest absolute Gasteiger partial charge is 0.350 e. The molecule has 0 saturated carbocycles. The van der Waals surface area contributed by atoms with Crippen LogP contribution in [-0.2, 0) is 11.8 Å². The van der Waals surface area contributed by atoms with Crippen molar-refractivity contribution in [3.8, 4) is 0 Å². The van der Waals surface area contributed by atoms with Crippen LogP contribution in [0.2, 0.25) is 0 Å². The summed E-state index contributed by atoms with van der Waals surface area (Å²) in [5.74, 6) is -0.0454. The predicted octanol–water partition coefficient (Wildman–Crippen LogP) is 3.00. The Hall–Kier alpha value is -1.54. The summed E-state index contributed by atoms with van der Waals surface area (Å²) < 4.78 is 2.04. The molecule has 0 N–H and O–H groups in total. The van der Waals surface area contributed by atoms with Crippen molar-refractivity contribution in [2.75, 3.05) is 5.88 Å². The van der Waals surface area contributed by atoms with Crippen LogP contribution in [-0.4, -0.2) is 16.2 Å². The first-order valence-electron chi connectivity index (χ1n) is 5.03. The Kier molecular flexibility index (Phi) is 3.11. The number of fused-ring (bicyclic) bond motifs is 1. The molecule has 1 aromatic carbocycles. The van der Waals surface area contributed by atoms with Crippen molar-refractivity contribution in [3.05, 3.63) is 42.1 Å². The Morgan fingerprint density at radius 3 is 2.94 bits per heavy atom. The molecule has 3 heteroatoms. The minimum atomic E-state index is -0.0744. The Morgan fingerprint density at radius 1 is 1.44 bits per heavy atom. The number of benzene rings is 1. The fourth-order valence-electron chi connectivity index (χ4n) is 1.73. The van der Waals surface area contributed by atoms with Crippen molar-refractivity contribution >= 4 is 34.4 Å². The first kappa shape index (κ1) is 11.0. The van der Waals surface area contributed by atoms with Gasteiger partial charge in [-0.05, 0) is 18.2 Å². The highest BCUT2D eigenvalue weighted by atomic mass is 35.5. The van der Waals surface area contributed by atoms with Crippen LogP contribution in [0.15, 0.2) is 36.5 Å². The van der Waals surface area contributed by atoms with Gasteiger partial charge in [0.25, 0.3) is 0 Å². The van der Waals surface area contributed by atoms with Crippen LogP contribution in [0, 0.1) is 0 Å². The monoisotopic (exact) mass is 233 g/mol. The van der Waals surface area contributed by atoms with E-state index in [1.165, 1.54) is 6.08 Å². The molecule has 1 aromatic heterocycles. The standard InChI is InChI=1S/C13H12ClNO/c1-15-9-10(6-7-11(16)8-14)12-4-2-3-5-13(12)15/h2-7,9H,8H2,1H3. The predicted molar refractivity (Wildman–Crippen MR) is 67.7 cm³/mol. The molecule has 82 valence electrons. The van der Waals surface area contributed by atoms with Gasteiger partial charge in [-0.2, -0.15) is 0 Å². The number of hydrogen-bond acceptors (Lipinski definition) is 1. The van der Waals surface area contributed by atoms with Crippen molar-refractivity contribution < 1.29 is 4.79 Å². The van der Waals surface area contributed by atoms with Crippen LogP contribution >= 0.6 is 11.6 Å². The van der Waals surface area contributed by atoms with Crippen molar-refractivity contribution in [3.63, 3.8) is 0 Å². The summed E-state index contributed by atoms with van der Waals surface area (Å²) >= 11 is 5.44. The lowest BCUT2D eigenvalue weighted by Crippen LogP contribution is -1.91. The van der Waals surface area contributed by atoms with Gasteiger partial charge >= 0.3 is 0 Å². The van der Waals surface area contributed by atoms with Crippen LogP contribution < -0.4 is 0 Å². The van der Waals surface area contributed by atoms with Crippen molar-refractivity contribution in [2.24, 2.45) is 7.05 Å². The molecule has 0 amide bonds. The molecule has 0 bridgehead atoms. The Balaban J connectivity index is 2.46. The molecule has 0 fully saturated rings. The minimum absolute atomic E-state index is 0.0290. The lowest BCUT2D eigenvalue weighted by molar-refractivity contribution is -0.112. The molecule has 2 aromatic rings. The Bertz CT molecular complexity index is 554. The second-order valence-corrected chi connectivity index (χ2v) is 3.91. The van der Waals surface area contributed by atoms with Gasteiger partial charge < -0.3 is 4.57 Å². The van der Waals surface area contributed by atoms with Crippen LogP contribution in [0.4, 0.5) is 0 Å². The first-order chi connectivity index (χ1) is 7.72. The topological polar surface area (TPSA) is 22.0 Å². The second-order valence-electron chi connectivity index (χ2n) is 3.65. The zero-order valence-corrected chi connectivity index (χ0v) is 9.74. The van der Waals surface area contributed by atoms with Gasteiger partial charge in [-0.25, -0.2) is 0 Å². The van der Waals surface area contributed by atoms with E-state index in [4.69, 9.17) is 11.6 Å². The molecule has 0 spiro atoms. The number of nitrogens with zero attached hydrogens (tertiary/aromatic N) is 1. The molecule has 0 aliphatic heterocycles. The molecular formula is C13H12ClNO. The van der Waals surface area contributed by atoms with Crippen molar-refractivity contribution in [1.29, 1.82) is 0 Å². The lowest BCUT2D eigenvalue weighted by Gasteiger charge is -1.92. The molecule has 0 aliphatic rings. The number of rotatable bonds is 3. The van der Waals surface area contributed by atoms with Crippen molar-refractivity contribution in [2.45, 2.75) is 0 Å².